The lowest BCUT2D eigenvalue weighted by molar-refractivity contribution is 0.102. The zero-order valence-corrected chi connectivity index (χ0v) is 16.8. The molecule has 1 amide bonds. The predicted octanol–water partition coefficient (Wildman–Crippen LogP) is 4.37. The first kappa shape index (κ1) is 20.0. The van der Waals surface area contributed by atoms with Crippen molar-refractivity contribution in [2.75, 3.05) is 31.6 Å². The number of carbonyl (C=O) groups is 1. The van der Waals surface area contributed by atoms with Crippen molar-refractivity contribution in [3.8, 4) is 17.2 Å². The molecule has 3 aromatic rings. The highest BCUT2D eigenvalue weighted by atomic mass is 16.5. The smallest absolute Gasteiger partial charge is 0.255 e. The molecule has 0 spiro atoms. The Kier molecular flexibility index (Phi) is 6.05. The summed E-state index contributed by atoms with van der Waals surface area (Å²) in [6, 6.07) is 15.4. The monoisotopic (exact) mass is 406 g/mol. The van der Waals surface area contributed by atoms with Gasteiger partial charge >= 0.3 is 0 Å². The zero-order chi connectivity index (χ0) is 20.9. The number of ether oxygens (including phenoxy) is 1. The standard InChI is InChI=1S/C24H26N2O4/c27-22-16-21(19-6-2-3-7-20(19)23(22)28)25-24(29)17-8-10-18(11-9-17)30-15-14-26-12-4-1-5-13-26/h2-3,6-11,16,27-28H,1,4-5,12-15H2,(H,25,29). The molecule has 0 aromatic heterocycles. The number of carbonyl (C=O) groups excluding carboxylic acids is 1. The summed E-state index contributed by atoms with van der Waals surface area (Å²) in [4.78, 5) is 15.1. The van der Waals surface area contributed by atoms with Crippen molar-refractivity contribution in [2.24, 2.45) is 0 Å². The molecule has 0 bridgehead atoms. The molecule has 30 heavy (non-hydrogen) atoms. The maximum absolute atomic E-state index is 12.7. The molecule has 1 heterocycles. The minimum atomic E-state index is -0.301. The van der Waals surface area contributed by atoms with Gasteiger partial charge in [0.1, 0.15) is 12.4 Å². The van der Waals surface area contributed by atoms with Crippen LogP contribution in [0.15, 0.2) is 54.6 Å². The Bertz CT molecular complexity index is 1030. The summed E-state index contributed by atoms with van der Waals surface area (Å²) in [5.41, 5.74) is 0.919. The van der Waals surface area contributed by atoms with Crippen LogP contribution in [0.5, 0.6) is 17.2 Å². The Balaban J connectivity index is 1.39. The highest BCUT2D eigenvalue weighted by Crippen LogP contribution is 2.38. The van der Waals surface area contributed by atoms with Crippen LogP contribution < -0.4 is 10.1 Å². The third-order valence-electron chi connectivity index (χ3n) is 5.49. The fourth-order valence-electron chi connectivity index (χ4n) is 3.82. The van der Waals surface area contributed by atoms with E-state index in [1.165, 1.54) is 25.3 Å². The van der Waals surface area contributed by atoms with Crippen LogP contribution in [0, 0.1) is 0 Å². The van der Waals surface area contributed by atoms with E-state index in [0.717, 1.165) is 25.4 Å². The average molecular weight is 406 g/mol. The zero-order valence-electron chi connectivity index (χ0n) is 16.8. The van der Waals surface area contributed by atoms with Gasteiger partial charge in [-0.25, -0.2) is 0 Å². The first-order valence-electron chi connectivity index (χ1n) is 10.3. The molecule has 1 aliphatic heterocycles. The van der Waals surface area contributed by atoms with E-state index < -0.39 is 0 Å². The maximum Gasteiger partial charge on any atom is 0.255 e. The number of hydrogen-bond acceptors (Lipinski definition) is 5. The van der Waals surface area contributed by atoms with Gasteiger partial charge in [-0.15, -0.1) is 0 Å². The second-order valence-electron chi connectivity index (χ2n) is 7.57. The average Bonchev–Trinajstić information content (AvgIpc) is 2.78. The molecule has 6 heteroatoms. The Morgan fingerprint density at radius 3 is 2.40 bits per heavy atom. The fourth-order valence-corrected chi connectivity index (χ4v) is 3.82. The summed E-state index contributed by atoms with van der Waals surface area (Å²) in [5.74, 6) is -0.0440. The number of nitrogens with zero attached hydrogens (tertiary/aromatic N) is 1. The van der Waals surface area contributed by atoms with E-state index in [2.05, 4.69) is 10.2 Å². The predicted molar refractivity (Wildman–Crippen MR) is 117 cm³/mol. The molecule has 3 aromatic carbocycles. The van der Waals surface area contributed by atoms with Crippen LogP contribution in [0.25, 0.3) is 10.8 Å². The van der Waals surface area contributed by atoms with Gasteiger partial charge < -0.3 is 20.3 Å². The Labute approximate surface area is 175 Å². The van der Waals surface area contributed by atoms with Crippen molar-refractivity contribution < 1.29 is 19.7 Å². The van der Waals surface area contributed by atoms with Crippen molar-refractivity contribution in [3.05, 3.63) is 60.2 Å². The normalized spacial score (nSPS) is 14.5. The Hall–Kier alpha value is -3.25. The number of piperidine rings is 1. The van der Waals surface area contributed by atoms with Crippen molar-refractivity contribution in [1.82, 2.24) is 4.90 Å². The molecular weight excluding hydrogens is 380 g/mol. The lowest BCUT2D eigenvalue weighted by Crippen LogP contribution is -2.33. The summed E-state index contributed by atoms with van der Waals surface area (Å²) in [6.45, 7) is 3.83. The lowest BCUT2D eigenvalue weighted by Gasteiger charge is -2.26. The highest BCUT2D eigenvalue weighted by molar-refractivity contribution is 6.10. The number of hydrogen-bond donors (Lipinski definition) is 3. The van der Waals surface area contributed by atoms with Gasteiger partial charge in [-0.1, -0.05) is 30.7 Å². The van der Waals surface area contributed by atoms with E-state index in [9.17, 15) is 15.0 Å². The van der Waals surface area contributed by atoms with Crippen LogP contribution in [0.2, 0.25) is 0 Å². The van der Waals surface area contributed by atoms with Crippen LogP contribution in [0.3, 0.4) is 0 Å². The summed E-state index contributed by atoms with van der Waals surface area (Å²) in [7, 11) is 0. The molecule has 4 rings (SSSR count). The quantitative estimate of drug-likeness (QED) is 0.418. The second kappa shape index (κ2) is 9.05. The van der Waals surface area contributed by atoms with Gasteiger partial charge in [0.15, 0.2) is 11.5 Å². The van der Waals surface area contributed by atoms with Crippen molar-refractivity contribution in [2.45, 2.75) is 19.3 Å². The summed E-state index contributed by atoms with van der Waals surface area (Å²) >= 11 is 0. The van der Waals surface area contributed by atoms with Gasteiger partial charge in [0.05, 0.1) is 5.69 Å². The van der Waals surface area contributed by atoms with Gasteiger partial charge in [0, 0.05) is 28.9 Å². The number of fused-ring (bicyclic) bond motifs is 1. The number of aromatic hydroxyl groups is 2. The number of nitrogens with one attached hydrogen (secondary N) is 1. The molecule has 156 valence electrons. The van der Waals surface area contributed by atoms with E-state index in [1.807, 2.05) is 6.07 Å². The van der Waals surface area contributed by atoms with Crippen LogP contribution in [-0.2, 0) is 0 Å². The molecule has 3 N–H and O–H groups in total. The molecular formula is C24H26N2O4. The van der Waals surface area contributed by atoms with Gasteiger partial charge in [0.25, 0.3) is 5.91 Å². The van der Waals surface area contributed by atoms with Gasteiger partial charge in [-0.3, -0.25) is 9.69 Å². The van der Waals surface area contributed by atoms with Gasteiger partial charge in [-0.2, -0.15) is 0 Å². The number of phenols is 2. The van der Waals surface area contributed by atoms with Crippen molar-refractivity contribution in [3.63, 3.8) is 0 Å². The largest absolute Gasteiger partial charge is 0.504 e. The first-order chi connectivity index (χ1) is 14.6. The van der Waals surface area contributed by atoms with Crippen LogP contribution >= 0.6 is 0 Å². The number of phenolic OH excluding ortho intramolecular Hbond substituents is 2. The Morgan fingerprint density at radius 1 is 0.967 bits per heavy atom. The summed E-state index contributed by atoms with van der Waals surface area (Å²) < 4.78 is 5.81. The van der Waals surface area contributed by atoms with E-state index in [-0.39, 0.29) is 17.4 Å². The van der Waals surface area contributed by atoms with Crippen LogP contribution in [0.4, 0.5) is 5.69 Å². The topological polar surface area (TPSA) is 82.0 Å². The van der Waals surface area contributed by atoms with Gasteiger partial charge in [-0.05, 0) is 50.2 Å². The molecule has 1 aliphatic rings. The van der Waals surface area contributed by atoms with E-state index in [4.69, 9.17) is 4.74 Å². The molecule has 6 nitrogen and oxygen atoms in total. The molecule has 1 saturated heterocycles. The molecule has 0 radical (unpaired) electrons. The SMILES string of the molecule is O=C(Nc1cc(O)c(O)c2ccccc12)c1ccc(OCCN2CCCCC2)cc1. The lowest BCUT2D eigenvalue weighted by atomic mass is 10.1. The highest BCUT2D eigenvalue weighted by Gasteiger charge is 2.14. The van der Waals surface area contributed by atoms with Crippen LogP contribution in [0.1, 0.15) is 29.6 Å². The number of benzene rings is 3. The summed E-state index contributed by atoms with van der Waals surface area (Å²) in [5, 5.41) is 24.0. The minimum Gasteiger partial charge on any atom is -0.504 e. The van der Waals surface area contributed by atoms with Crippen molar-refractivity contribution in [1.29, 1.82) is 0 Å². The maximum atomic E-state index is 12.7. The Morgan fingerprint density at radius 2 is 1.67 bits per heavy atom. The molecule has 0 unspecified atom stereocenters. The third-order valence-corrected chi connectivity index (χ3v) is 5.49. The first-order valence-corrected chi connectivity index (χ1v) is 10.3. The number of amides is 1. The van der Waals surface area contributed by atoms with E-state index >= 15 is 0 Å². The van der Waals surface area contributed by atoms with Crippen molar-refractivity contribution >= 4 is 22.4 Å². The molecule has 0 atom stereocenters. The third kappa shape index (κ3) is 4.49. The fraction of sp³-hybridized carbons (Fsp3) is 0.292. The van der Waals surface area contributed by atoms with E-state index in [1.54, 1.807) is 42.5 Å². The van der Waals surface area contributed by atoms with Gasteiger partial charge in [0.2, 0.25) is 0 Å². The minimum absolute atomic E-state index is 0.199. The number of rotatable bonds is 6. The number of anilines is 1. The summed E-state index contributed by atoms with van der Waals surface area (Å²) in [6.07, 6.45) is 3.84. The van der Waals surface area contributed by atoms with E-state index in [0.29, 0.717) is 28.6 Å². The van der Waals surface area contributed by atoms with Crippen LogP contribution in [-0.4, -0.2) is 47.3 Å². The second-order valence-corrected chi connectivity index (χ2v) is 7.57. The number of likely N-dealkylation sites (tertiary alicyclic amines) is 1. The molecule has 0 aliphatic carbocycles. The molecule has 0 saturated carbocycles. The molecule has 1 fully saturated rings.